The van der Waals surface area contributed by atoms with Crippen LogP contribution in [0.3, 0.4) is 0 Å². The molecule has 2 fully saturated rings. The van der Waals surface area contributed by atoms with E-state index in [1.807, 2.05) is 22.6 Å². The number of aliphatic hydroxyl groups is 2. The molecule has 1 aliphatic heterocycles. The fourth-order valence-corrected chi connectivity index (χ4v) is 3.12. The number of hydrogen-bond donors (Lipinski definition) is 3. The number of imidazole rings is 1. The minimum absolute atomic E-state index is 0.451. The normalized spacial score (nSPS) is 31.3. The molecule has 0 radical (unpaired) electrons. The van der Waals surface area contributed by atoms with Crippen LogP contribution in [0.4, 0.5) is 5.82 Å². The van der Waals surface area contributed by atoms with E-state index in [1.165, 1.54) is 6.33 Å². The van der Waals surface area contributed by atoms with Gasteiger partial charge < -0.3 is 20.3 Å². The van der Waals surface area contributed by atoms with Crippen molar-refractivity contribution in [2.75, 3.05) is 5.32 Å². The molecule has 4 rings (SSSR count). The van der Waals surface area contributed by atoms with Gasteiger partial charge in [-0.1, -0.05) is 22.6 Å². The predicted octanol–water partition coefficient (Wildman–Crippen LogP) is 0.968. The number of nitrogens with zero attached hydrogens (tertiary/aromatic N) is 4. The van der Waals surface area contributed by atoms with Gasteiger partial charge in [-0.05, 0) is 23.0 Å². The largest absolute Gasteiger partial charge is 0.387 e. The van der Waals surface area contributed by atoms with Gasteiger partial charge in [0.05, 0.1) is 6.33 Å². The molecule has 23 heavy (non-hydrogen) atoms. The van der Waals surface area contributed by atoms with Gasteiger partial charge in [-0.2, -0.15) is 0 Å². The van der Waals surface area contributed by atoms with Gasteiger partial charge in [0.25, 0.3) is 0 Å². The molecule has 0 bridgehead atoms. The highest BCUT2D eigenvalue weighted by Gasteiger charge is 2.43. The Morgan fingerprint density at radius 2 is 2.09 bits per heavy atom. The van der Waals surface area contributed by atoms with Crippen molar-refractivity contribution in [1.29, 1.82) is 0 Å². The maximum atomic E-state index is 10.3. The zero-order chi connectivity index (χ0) is 16.0. The van der Waals surface area contributed by atoms with E-state index in [1.54, 1.807) is 21.1 Å². The van der Waals surface area contributed by atoms with Gasteiger partial charge in [0.1, 0.15) is 24.6 Å². The number of nitrogens with one attached hydrogen (secondary N) is 1. The minimum Gasteiger partial charge on any atom is -0.387 e. The van der Waals surface area contributed by atoms with Crippen molar-refractivity contribution < 1.29 is 14.9 Å². The highest BCUT2D eigenvalue weighted by molar-refractivity contribution is 14.1. The lowest BCUT2D eigenvalue weighted by molar-refractivity contribution is -0.0244. The molecule has 2 aromatic heterocycles. The molecule has 1 saturated carbocycles. The molecule has 3 heterocycles. The quantitative estimate of drug-likeness (QED) is 0.623. The van der Waals surface area contributed by atoms with E-state index < -0.39 is 24.5 Å². The third-order valence-electron chi connectivity index (χ3n) is 4.09. The lowest BCUT2D eigenvalue weighted by atomic mass is 10.1. The van der Waals surface area contributed by atoms with Crippen molar-refractivity contribution in [2.45, 2.75) is 43.4 Å². The van der Waals surface area contributed by atoms with Crippen molar-refractivity contribution in [2.24, 2.45) is 0 Å². The first-order chi connectivity index (χ1) is 11.2. The summed E-state index contributed by atoms with van der Waals surface area (Å²) in [6.07, 6.45) is 3.66. The zero-order valence-corrected chi connectivity index (χ0v) is 14.2. The number of fused-ring (bicyclic) bond motifs is 1. The molecule has 8 nitrogen and oxygen atoms in total. The number of aromatic nitrogens is 4. The van der Waals surface area contributed by atoms with Crippen LogP contribution >= 0.6 is 22.6 Å². The van der Waals surface area contributed by atoms with Crippen molar-refractivity contribution in [3.8, 4) is 0 Å². The van der Waals surface area contributed by atoms with Crippen LogP contribution in [-0.2, 0) is 4.74 Å². The first-order valence-electron chi connectivity index (χ1n) is 7.41. The van der Waals surface area contributed by atoms with Gasteiger partial charge in [0, 0.05) is 6.04 Å². The molecule has 1 aliphatic carbocycles. The van der Waals surface area contributed by atoms with Crippen LogP contribution < -0.4 is 5.32 Å². The van der Waals surface area contributed by atoms with Gasteiger partial charge in [-0.3, -0.25) is 4.57 Å². The van der Waals surface area contributed by atoms with E-state index in [0.29, 0.717) is 23.0 Å². The Hall–Kier alpha value is -1.30. The van der Waals surface area contributed by atoms with Gasteiger partial charge in [0.15, 0.2) is 23.2 Å². The molecule has 0 unspecified atom stereocenters. The van der Waals surface area contributed by atoms with Gasteiger partial charge >= 0.3 is 0 Å². The number of rotatable bonds is 4. The van der Waals surface area contributed by atoms with Gasteiger partial charge in [0.2, 0.25) is 0 Å². The maximum absolute atomic E-state index is 10.3. The summed E-state index contributed by atoms with van der Waals surface area (Å²) in [6, 6.07) is 0.451. The summed E-state index contributed by atoms with van der Waals surface area (Å²) in [5.74, 6) is 0.688. The van der Waals surface area contributed by atoms with E-state index in [4.69, 9.17) is 4.74 Å². The lowest BCUT2D eigenvalue weighted by Gasteiger charge is -2.16. The monoisotopic (exact) mass is 429 g/mol. The number of anilines is 1. The number of hydrogen-bond acceptors (Lipinski definition) is 7. The molecular formula is C14H16IN5O3. The second-order valence-electron chi connectivity index (χ2n) is 5.76. The maximum Gasteiger partial charge on any atom is 0.167 e. The van der Waals surface area contributed by atoms with Crippen LogP contribution in [-0.4, -0.2) is 54.1 Å². The van der Waals surface area contributed by atoms with Crippen LogP contribution in [0.15, 0.2) is 22.8 Å². The second kappa shape index (κ2) is 5.96. The van der Waals surface area contributed by atoms with Gasteiger partial charge in [-0.15, -0.1) is 0 Å². The van der Waals surface area contributed by atoms with Crippen LogP contribution in [0.2, 0.25) is 0 Å². The third kappa shape index (κ3) is 2.71. The molecule has 0 aromatic carbocycles. The number of halogens is 1. The summed E-state index contributed by atoms with van der Waals surface area (Å²) >= 11 is 2.05. The summed E-state index contributed by atoms with van der Waals surface area (Å²) in [5, 5.41) is 23.7. The van der Waals surface area contributed by atoms with E-state index in [0.717, 1.165) is 12.8 Å². The highest BCUT2D eigenvalue weighted by Crippen LogP contribution is 2.33. The summed E-state index contributed by atoms with van der Waals surface area (Å²) in [5.41, 5.74) is 1.20. The molecule has 122 valence electrons. The molecule has 4 atom stereocenters. The summed E-state index contributed by atoms with van der Waals surface area (Å²) < 4.78 is 9.16. The summed E-state index contributed by atoms with van der Waals surface area (Å²) in [4.78, 5) is 12.9. The average molecular weight is 429 g/mol. The molecular weight excluding hydrogens is 413 g/mol. The highest BCUT2D eigenvalue weighted by atomic mass is 127. The SMILES string of the molecule is O[C@@H]1[C@H](O)[C@@H](/C=C/I)O[C@H]1n1cnc2c(NC3CC3)ncnc21. The minimum atomic E-state index is -1.06. The summed E-state index contributed by atoms with van der Waals surface area (Å²) in [6.45, 7) is 0. The van der Waals surface area contributed by atoms with E-state index in [9.17, 15) is 10.2 Å². The number of aliphatic hydroxyl groups excluding tert-OH is 2. The zero-order valence-electron chi connectivity index (χ0n) is 12.1. The fraction of sp³-hybridized carbons (Fsp3) is 0.500. The second-order valence-corrected chi connectivity index (χ2v) is 6.47. The molecule has 0 amide bonds. The molecule has 3 N–H and O–H groups in total. The predicted molar refractivity (Wildman–Crippen MR) is 91.1 cm³/mol. The molecule has 1 saturated heterocycles. The molecule has 2 aromatic rings. The first kappa shape index (κ1) is 15.2. The van der Waals surface area contributed by atoms with Crippen LogP contribution in [0.25, 0.3) is 11.2 Å². The van der Waals surface area contributed by atoms with Crippen LogP contribution in [0, 0.1) is 0 Å². The van der Waals surface area contributed by atoms with E-state index in [-0.39, 0.29) is 0 Å². The Morgan fingerprint density at radius 1 is 1.26 bits per heavy atom. The average Bonchev–Trinajstić information content (AvgIpc) is 3.20. The van der Waals surface area contributed by atoms with Crippen LogP contribution in [0.5, 0.6) is 0 Å². The van der Waals surface area contributed by atoms with Crippen molar-refractivity contribution in [3.05, 3.63) is 22.8 Å². The lowest BCUT2D eigenvalue weighted by Crippen LogP contribution is -2.30. The number of ether oxygens (including phenoxy) is 1. The fourth-order valence-electron chi connectivity index (χ4n) is 2.71. The van der Waals surface area contributed by atoms with E-state index in [2.05, 4.69) is 20.3 Å². The molecule has 2 aliphatic rings. The topological polar surface area (TPSA) is 105 Å². The van der Waals surface area contributed by atoms with Crippen molar-refractivity contribution in [3.63, 3.8) is 0 Å². The Morgan fingerprint density at radius 3 is 2.83 bits per heavy atom. The summed E-state index contributed by atoms with van der Waals surface area (Å²) in [7, 11) is 0. The standard InChI is InChI=1S/C14H16IN5O3/c15-4-3-8-10(21)11(22)14(23-8)20-6-18-9-12(19-7-1-2-7)16-5-17-13(9)20/h3-8,10-11,14,21-22H,1-2H2,(H,16,17,19)/b4-3+/t8-,10-,11-,14-/m1/s1. The van der Waals surface area contributed by atoms with Crippen LogP contribution in [0.1, 0.15) is 19.1 Å². The first-order valence-corrected chi connectivity index (χ1v) is 8.66. The van der Waals surface area contributed by atoms with E-state index >= 15 is 0 Å². The van der Waals surface area contributed by atoms with Crippen molar-refractivity contribution >= 4 is 39.6 Å². The Kier molecular flexibility index (Phi) is 3.95. The molecule has 0 spiro atoms. The van der Waals surface area contributed by atoms with Gasteiger partial charge in [-0.25, -0.2) is 15.0 Å². The Bertz CT molecular complexity index is 747. The Labute approximate surface area is 145 Å². The Balaban J connectivity index is 1.69. The molecule has 9 heteroatoms. The van der Waals surface area contributed by atoms with Crippen molar-refractivity contribution in [1.82, 2.24) is 19.5 Å². The third-order valence-corrected chi connectivity index (χ3v) is 4.50. The smallest absolute Gasteiger partial charge is 0.167 e.